The summed E-state index contributed by atoms with van der Waals surface area (Å²) in [5.41, 5.74) is 7.87. The summed E-state index contributed by atoms with van der Waals surface area (Å²) in [6.07, 6.45) is 1.34. The van der Waals surface area contributed by atoms with Crippen LogP contribution in [0.1, 0.15) is 25.8 Å². The number of imidazole rings is 1. The summed E-state index contributed by atoms with van der Waals surface area (Å²) in [6, 6.07) is 6.01. The van der Waals surface area contributed by atoms with Gasteiger partial charge in [-0.2, -0.15) is 0 Å². The molecule has 112 valence electrons. The molecule has 0 radical (unpaired) electrons. The van der Waals surface area contributed by atoms with E-state index in [1.807, 2.05) is 36.7 Å². The average Bonchev–Trinajstić information content (AvgIpc) is 2.80. The summed E-state index contributed by atoms with van der Waals surface area (Å²) in [7, 11) is 1.83. The Balaban J connectivity index is 2.04. The third kappa shape index (κ3) is 2.30. The quantitative estimate of drug-likeness (QED) is 0.934. The van der Waals surface area contributed by atoms with Crippen molar-refractivity contribution in [1.82, 2.24) is 14.5 Å². The lowest BCUT2D eigenvalue weighted by molar-refractivity contribution is -0.132. The molecule has 1 aromatic heterocycles. The lowest BCUT2D eigenvalue weighted by Gasteiger charge is -2.31. The van der Waals surface area contributed by atoms with Crippen molar-refractivity contribution in [2.24, 2.45) is 0 Å². The van der Waals surface area contributed by atoms with E-state index in [1.165, 1.54) is 0 Å². The summed E-state index contributed by atoms with van der Waals surface area (Å²) in [4.78, 5) is 17.9. The van der Waals surface area contributed by atoms with E-state index < -0.39 is 0 Å². The molecule has 1 amide bonds. The molecule has 2 heterocycles. The second-order valence-electron chi connectivity index (χ2n) is 5.36. The third-order valence-corrected chi connectivity index (χ3v) is 3.98. The van der Waals surface area contributed by atoms with Crippen molar-refractivity contribution in [1.29, 1.82) is 0 Å². The molecule has 0 spiro atoms. The number of likely N-dealkylation sites (tertiary alicyclic amines) is 1. The summed E-state index contributed by atoms with van der Waals surface area (Å²) in [5.74, 6) is 1.41. The fourth-order valence-corrected chi connectivity index (χ4v) is 2.97. The van der Waals surface area contributed by atoms with Gasteiger partial charge in [-0.15, -0.1) is 0 Å². The molecule has 6 heteroatoms. The highest BCUT2D eigenvalue weighted by Gasteiger charge is 2.27. The van der Waals surface area contributed by atoms with E-state index in [-0.39, 0.29) is 11.9 Å². The van der Waals surface area contributed by atoms with E-state index in [1.54, 1.807) is 4.90 Å². The summed E-state index contributed by atoms with van der Waals surface area (Å²) in [6.45, 7) is 3.20. The molecule has 1 fully saturated rings. The topological polar surface area (TPSA) is 73.4 Å². The first-order chi connectivity index (χ1) is 10.1. The van der Waals surface area contributed by atoms with Crippen LogP contribution in [0.25, 0.3) is 11.0 Å². The number of para-hydroxylation sites is 1. The number of carbonyl (C=O) groups is 1. The van der Waals surface area contributed by atoms with Crippen LogP contribution in [0.15, 0.2) is 18.2 Å². The number of nitrogens with two attached hydrogens (primary N) is 1. The molecule has 0 aliphatic carbocycles. The Morgan fingerprint density at radius 3 is 3.00 bits per heavy atom. The SMILES string of the molecule is CCOc1cccc2c1nc(N)n2C1CCC(=O)N(C)C1. The predicted molar refractivity (Wildman–Crippen MR) is 81.2 cm³/mol. The van der Waals surface area contributed by atoms with Crippen LogP contribution < -0.4 is 10.5 Å². The molecule has 21 heavy (non-hydrogen) atoms. The van der Waals surface area contributed by atoms with Crippen molar-refractivity contribution >= 4 is 22.9 Å². The van der Waals surface area contributed by atoms with Gasteiger partial charge in [0.1, 0.15) is 11.3 Å². The Labute approximate surface area is 123 Å². The average molecular weight is 288 g/mol. The number of nitrogens with zero attached hydrogens (tertiary/aromatic N) is 3. The Morgan fingerprint density at radius 2 is 2.29 bits per heavy atom. The highest BCUT2D eigenvalue weighted by molar-refractivity contribution is 5.85. The number of rotatable bonds is 3. The Bertz CT molecular complexity index is 680. The van der Waals surface area contributed by atoms with E-state index in [2.05, 4.69) is 4.98 Å². The highest BCUT2D eigenvalue weighted by Crippen LogP contribution is 2.32. The second kappa shape index (κ2) is 5.27. The van der Waals surface area contributed by atoms with Crippen molar-refractivity contribution < 1.29 is 9.53 Å². The van der Waals surface area contributed by atoms with Gasteiger partial charge in [0.25, 0.3) is 0 Å². The van der Waals surface area contributed by atoms with Crippen LogP contribution >= 0.6 is 0 Å². The fourth-order valence-electron chi connectivity index (χ4n) is 2.97. The van der Waals surface area contributed by atoms with E-state index in [0.717, 1.165) is 23.2 Å². The van der Waals surface area contributed by atoms with Crippen LogP contribution in [-0.4, -0.2) is 40.6 Å². The number of fused-ring (bicyclic) bond motifs is 1. The third-order valence-electron chi connectivity index (χ3n) is 3.98. The van der Waals surface area contributed by atoms with Gasteiger partial charge in [-0.05, 0) is 25.5 Å². The number of ether oxygens (including phenoxy) is 1. The zero-order valence-electron chi connectivity index (χ0n) is 12.4. The monoisotopic (exact) mass is 288 g/mol. The summed E-state index contributed by atoms with van der Waals surface area (Å²) >= 11 is 0. The molecule has 1 aliphatic rings. The van der Waals surface area contributed by atoms with E-state index in [9.17, 15) is 4.79 Å². The van der Waals surface area contributed by atoms with Crippen LogP contribution in [0, 0.1) is 0 Å². The van der Waals surface area contributed by atoms with Gasteiger partial charge in [-0.1, -0.05) is 6.07 Å². The lowest BCUT2D eigenvalue weighted by Crippen LogP contribution is -2.38. The van der Waals surface area contributed by atoms with Crippen LogP contribution in [0.4, 0.5) is 5.95 Å². The molecule has 2 N–H and O–H groups in total. The molecule has 1 aromatic carbocycles. The molecular formula is C15H20N4O2. The Morgan fingerprint density at radius 1 is 1.48 bits per heavy atom. The number of piperidine rings is 1. The van der Waals surface area contributed by atoms with Gasteiger partial charge < -0.3 is 19.9 Å². The van der Waals surface area contributed by atoms with E-state index in [0.29, 0.717) is 25.5 Å². The molecule has 1 aliphatic heterocycles. The maximum atomic E-state index is 11.6. The molecule has 1 atom stereocenters. The second-order valence-corrected chi connectivity index (χ2v) is 5.36. The maximum absolute atomic E-state index is 11.6. The first kappa shape index (κ1) is 13.7. The molecule has 3 rings (SSSR count). The molecule has 2 aromatic rings. The highest BCUT2D eigenvalue weighted by atomic mass is 16.5. The number of anilines is 1. The van der Waals surface area contributed by atoms with Crippen LogP contribution in [-0.2, 0) is 4.79 Å². The van der Waals surface area contributed by atoms with Crippen molar-refractivity contribution in [2.45, 2.75) is 25.8 Å². The van der Waals surface area contributed by atoms with Gasteiger partial charge in [0, 0.05) is 20.0 Å². The number of likely N-dealkylation sites (N-methyl/N-ethyl adjacent to an activating group) is 1. The number of hydrogen-bond donors (Lipinski definition) is 1. The first-order valence-electron chi connectivity index (χ1n) is 7.25. The maximum Gasteiger partial charge on any atom is 0.222 e. The number of amides is 1. The molecular weight excluding hydrogens is 268 g/mol. The molecule has 0 saturated carbocycles. The van der Waals surface area contributed by atoms with Crippen molar-refractivity contribution in [3.8, 4) is 5.75 Å². The zero-order valence-corrected chi connectivity index (χ0v) is 12.4. The van der Waals surface area contributed by atoms with Crippen molar-refractivity contribution in [3.63, 3.8) is 0 Å². The van der Waals surface area contributed by atoms with E-state index >= 15 is 0 Å². The van der Waals surface area contributed by atoms with Crippen LogP contribution in [0.2, 0.25) is 0 Å². The standard InChI is InChI=1S/C15H20N4O2/c1-3-21-12-6-4-5-11-14(12)17-15(16)19(11)10-7-8-13(20)18(2)9-10/h4-6,10H,3,7-9H2,1-2H3,(H2,16,17). The first-order valence-corrected chi connectivity index (χ1v) is 7.25. The molecule has 6 nitrogen and oxygen atoms in total. The number of carbonyl (C=O) groups excluding carboxylic acids is 1. The van der Waals surface area contributed by atoms with Gasteiger partial charge in [0.2, 0.25) is 11.9 Å². The summed E-state index contributed by atoms with van der Waals surface area (Å²) < 4.78 is 7.65. The molecule has 1 unspecified atom stereocenters. The summed E-state index contributed by atoms with van der Waals surface area (Å²) in [5, 5.41) is 0. The van der Waals surface area contributed by atoms with Gasteiger partial charge >= 0.3 is 0 Å². The van der Waals surface area contributed by atoms with Crippen LogP contribution in [0.3, 0.4) is 0 Å². The zero-order chi connectivity index (χ0) is 15.0. The molecule has 1 saturated heterocycles. The van der Waals surface area contributed by atoms with Gasteiger partial charge in [0.15, 0.2) is 0 Å². The normalized spacial score (nSPS) is 19.2. The molecule has 0 bridgehead atoms. The minimum atomic E-state index is 0.162. The number of benzene rings is 1. The smallest absolute Gasteiger partial charge is 0.222 e. The van der Waals surface area contributed by atoms with Gasteiger partial charge in [-0.25, -0.2) is 4.98 Å². The van der Waals surface area contributed by atoms with Gasteiger partial charge in [0.05, 0.1) is 18.2 Å². The van der Waals surface area contributed by atoms with Crippen molar-refractivity contribution in [3.05, 3.63) is 18.2 Å². The van der Waals surface area contributed by atoms with Gasteiger partial charge in [-0.3, -0.25) is 4.79 Å². The minimum Gasteiger partial charge on any atom is -0.492 e. The fraction of sp³-hybridized carbons (Fsp3) is 0.467. The number of nitrogen functional groups attached to an aromatic ring is 1. The largest absolute Gasteiger partial charge is 0.492 e. The predicted octanol–water partition coefficient (Wildman–Crippen LogP) is 1.81. The Hall–Kier alpha value is -2.24. The minimum absolute atomic E-state index is 0.162. The van der Waals surface area contributed by atoms with Crippen molar-refractivity contribution in [2.75, 3.05) is 25.9 Å². The number of hydrogen-bond acceptors (Lipinski definition) is 4. The number of aromatic nitrogens is 2. The lowest BCUT2D eigenvalue weighted by atomic mass is 10.1. The Kier molecular flexibility index (Phi) is 3.45. The van der Waals surface area contributed by atoms with Crippen LogP contribution in [0.5, 0.6) is 5.75 Å². The van der Waals surface area contributed by atoms with E-state index in [4.69, 9.17) is 10.5 Å².